The summed E-state index contributed by atoms with van der Waals surface area (Å²) < 4.78 is 13.6. The third-order valence-corrected chi connectivity index (χ3v) is 5.38. The third kappa shape index (κ3) is 3.59. The molecule has 3 aromatic rings. The summed E-state index contributed by atoms with van der Waals surface area (Å²) in [6.45, 7) is 0.283. The first-order valence-corrected chi connectivity index (χ1v) is 9.72. The number of rotatable bonds is 6. The lowest BCUT2D eigenvalue weighted by Gasteiger charge is -2.15. The van der Waals surface area contributed by atoms with E-state index in [-0.39, 0.29) is 18.1 Å². The van der Waals surface area contributed by atoms with E-state index in [1.165, 1.54) is 28.4 Å². The van der Waals surface area contributed by atoms with E-state index in [4.69, 9.17) is 0 Å². The van der Waals surface area contributed by atoms with Gasteiger partial charge in [-0.05, 0) is 41.6 Å². The molecule has 2 aromatic carbocycles. The highest BCUT2D eigenvalue weighted by atomic mass is 32.1. The van der Waals surface area contributed by atoms with Crippen LogP contribution in [0, 0.1) is 5.82 Å². The predicted molar refractivity (Wildman–Crippen MR) is 108 cm³/mol. The van der Waals surface area contributed by atoms with E-state index in [9.17, 15) is 14.0 Å². The summed E-state index contributed by atoms with van der Waals surface area (Å²) in [6, 6.07) is 19.2. The Labute approximate surface area is 165 Å². The minimum absolute atomic E-state index is 0.186. The minimum Gasteiger partial charge on any atom is -0.350 e. The summed E-state index contributed by atoms with van der Waals surface area (Å²) in [5.74, 6) is -1.14. The fourth-order valence-electron chi connectivity index (χ4n) is 3.14. The molecule has 0 atom stereocenters. The zero-order valence-corrected chi connectivity index (χ0v) is 15.7. The van der Waals surface area contributed by atoms with Crippen molar-refractivity contribution in [1.29, 1.82) is 0 Å². The van der Waals surface area contributed by atoms with Crippen molar-refractivity contribution in [2.24, 2.45) is 0 Å². The Kier molecular flexibility index (Phi) is 5.04. The molecule has 140 valence electrons. The van der Waals surface area contributed by atoms with E-state index in [2.05, 4.69) is 5.32 Å². The molecule has 2 heterocycles. The average Bonchev–Trinajstić information content (AvgIpc) is 3.29. The van der Waals surface area contributed by atoms with Crippen molar-refractivity contribution in [2.45, 2.75) is 6.42 Å². The summed E-state index contributed by atoms with van der Waals surface area (Å²) in [4.78, 5) is 28.0. The highest BCUT2D eigenvalue weighted by Crippen LogP contribution is 2.33. The van der Waals surface area contributed by atoms with Crippen LogP contribution in [0.5, 0.6) is 0 Å². The lowest BCUT2D eigenvalue weighted by Crippen LogP contribution is -2.34. The normalized spacial score (nSPS) is 14.1. The summed E-state index contributed by atoms with van der Waals surface area (Å²) in [5, 5.41) is 4.82. The first-order valence-electron chi connectivity index (χ1n) is 8.84. The molecule has 0 saturated carbocycles. The first kappa shape index (κ1) is 18.1. The van der Waals surface area contributed by atoms with Gasteiger partial charge in [-0.3, -0.25) is 14.5 Å². The molecule has 28 heavy (non-hydrogen) atoms. The molecule has 4 rings (SSSR count). The molecule has 0 spiro atoms. The van der Waals surface area contributed by atoms with E-state index in [0.717, 1.165) is 5.56 Å². The molecule has 0 aliphatic carbocycles. The lowest BCUT2D eigenvalue weighted by atomic mass is 10.1. The van der Waals surface area contributed by atoms with Gasteiger partial charge >= 0.3 is 0 Å². The van der Waals surface area contributed by atoms with Gasteiger partial charge in [0.15, 0.2) is 0 Å². The van der Waals surface area contributed by atoms with E-state index >= 15 is 0 Å². The van der Waals surface area contributed by atoms with Crippen LogP contribution in [0.15, 0.2) is 77.8 Å². The number of hydrogen-bond acceptors (Lipinski definition) is 4. The largest absolute Gasteiger partial charge is 0.350 e. The second-order valence-electron chi connectivity index (χ2n) is 6.36. The number of anilines is 1. The van der Waals surface area contributed by atoms with Gasteiger partial charge in [0, 0.05) is 17.1 Å². The van der Waals surface area contributed by atoms with Gasteiger partial charge in [-0.1, -0.05) is 42.5 Å². The zero-order chi connectivity index (χ0) is 19.5. The van der Waals surface area contributed by atoms with Gasteiger partial charge in [0.05, 0.1) is 5.57 Å². The van der Waals surface area contributed by atoms with Crippen molar-refractivity contribution >= 4 is 34.4 Å². The van der Waals surface area contributed by atoms with Gasteiger partial charge in [0.2, 0.25) is 0 Å². The Balaban J connectivity index is 1.64. The van der Waals surface area contributed by atoms with Gasteiger partial charge < -0.3 is 5.32 Å². The molecule has 2 amide bonds. The maximum Gasteiger partial charge on any atom is 0.278 e. The predicted octanol–water partition coefficient (Wildman–Crippen LogP) is 4.32. The molecule has 1 aromatic heterocycles. The molecule has 0 fully saturated rings. The van der Waals surface area contributed by atoms with E-state index < -0.39 is 11.7 Å². The SMILES string of the molecule is O=C1C(Nc2cccc(F)c2)=C(c2cccs2)C(=O)N1CCc1ccccc1. The summed E-state index contributed by atoms with van der Waals surface area (Å²) in [5.41, 5.74) is 1.99. The summed E-state index contributed by atoms with van der Waals surface area (Å²) in [6.07, 6.45) is 0.573. The minimum atomic E-state index is -0.416. The van der Waals surface area contributed by atoms with Gasteiger partial charge in [-0.2, -0.15) is 0 Å². The molecule has 6 heteroatoms. The van der Waals surface area contributed by atoms with E-state index in [1.807, 2.05) is 41.8 Å². The zero-order valence-electron chi connectivity index (χ0n) is 14.9. The van der Waals surface area contributed by atoms with E-state index in [0.29, 0.717) is 22.6 Å². The van der Waals surface area contributed by atoms with Crippen LogP contribution in [-0.2, 0) is 16.0 Å². The second kappa shape index (κ2) is 7.78. The molecular formula is C22H17FN2O2S. The monoisotopic (exact) mass is 392 g/mol. The van der Waals surface area contributed by atoms with Crippen molar-refractivity contribution in [3.8, 4) is 0 Å². The average molecular weight is 392 g/mol. The lowest BCUT2D eigenvalue weighted by molar-refractivity contribution is -0.136. The number of thiophene rings is 1. The number of amides is 2. The molecule has 0 bridgehead atoms. The third-order valence-electron chi connectivity index (χ3n) is 4.50. The molecule has 0 saturated heterocycles. The van der Waals surface area contributed by atoms with Gasteiger partial charge in [0.1, 0.15) is 11.5 Å². The van der Waals surface area contributed by atoms with Crippen LogP contribution < -0.4 is 5.32 Å². The number of imide groups is 1. The quantitative estimate of drug-likeness (QED) is 0.636. The van der Waals surface area contributed by atoms with Gasteiger partial charge in [-0.15, -0.1) is 11.3 Å². The fraction of sp³-hybridized carbons (Fsp3) is 0.0909. The smallest absolute Gasteiger partial charge is 0.278 e. The maximum absolute atomic E-state index is 13.6. The number of halogens is 1. The standard InChI is InChI=1S/C22H17FN2O2S/c23-16-8-4-9-17(14-16)24-20-19(18-10-5-13-28-18)21(26)25(22(20)27)12-11-15-6-2-1-3-7-15/h1-10,13-14,24H,11-12H2. The number of nitrogens with one attached hydrogen (secondary N) is 1. The summed E-state index contributed by atoms with van der Waals surface area (Å²) in [7, 11) is 0. The molecule has 1 aliphatic heterocycles. The van der Waals surface area contributed by atoms with Gasteiger partial charge in [-0.25, -0.2) is 4.39 Å². The van der Waals surface area contributed by atoms with Crippen LogP contribution in [0.3, 0.4) is 0 Å². The van der Waals surface area contributed by atoms with Crippen LogP contribution >= 0.6 is 11.3 Å². The van der Waals surface area contributed by atoms with E-state index in [1.54, 1.807) is 18.2 Å². The number of carbonyl (C=O) groups excluding carboxylic acids is 2. The fourth-order valence-corrected chi connectivity index (χ4v) is 3.91. The molecule has 0 unspecified atom stereocenters. The molecule has 1 N–H and O–H groups in total. The van der Waals surface area contributed by atoms with Gasteiger partial charge in [0.25, 0.3) is 11.8 Å². The Morgan fingerprint density at radius 2 is 1.75 bits per heavy atom. The van der Waals surface area contributed by atoms with Crippen molar-refractivity contribution in [3.63, 3.8) is 0 Å². The van der Waals surface area contributed by atoms with Crippen molar-refractivity contribution in [1.82, 2.24) is 4.90 Å². The Hall–Kier alpha value is -3.25. The highest BCUT2D eigenvalue weighted by molar-refractivity contribution is 7.11. The van der Waals surface area contributed by atoms with Crippen LogP contribution in [0.4, 0.5) is 10.1 Å². The molecule has 1 aliphatic rings. The maximum atomic E-state index is 13.6. The Morgan fingerprint density at radius 3 is 2.46 bits per heavy atom. The van der Waals surface area contributed by atoms with Crippen LogP contribution in [0.1, 0.15) is 10.4 Å². The molecule has 0 radical (unpaired) electrons. The number of hydrogen-bond donors (Lipinski definition) is 1. The number of carbonyl (C=O) groups is 2. The van der Waals surface area contributed by atoms with Crippen molar-refractivity contribution < 1.29 is 14.0 Å². The first-order chi connectivity index (χ1) is 13.6. The van der Waals surface area contributed by atoms with Crippen LogP contribution in [0.25, 0.3) is 5.57 Å². The molecule has 4 nitrogen and oxygen atoms in total. The topological polar surface area (TPSA) is 49.4 Å². The van der Waals surface area contributed by atoms with Crippen LogP contribution in [0.2, 0.25) is 0 Å². The Bertz CT molecular complexity index is 1050. The number of benzene rings is 2. The Morgan fingerprint density at radius 1 is 0.929 bits per heavy atom. The number of nitrogens with zero attached hydrogens (tertiary/aromatic N) is 1. The highest BCUT2D eigenvalue weighted by Gasteiger charge is 2.39. The second-order valence-corrected chi connectivity index (χ2v) is 7.31. The summed E-state index contributed by atoms with van der Waals surface area (Å²) >= 11 is 1.39. The molecular weight excluding hydrogens is 375 g/mol. The van der Waals surface area contributed by atoms with Crippen molar-refractivity contribution in [3.05, 3.63) is 94.1 Å². The van der Waals surface area contributed by atoms with Crippen LogP contribution in [-0.4, -0.2) is 23.3 Å². The van der Waals surface area contributed by atoms with Crippen molar-refractivity contribution in [2.75, 3.05) is 11.9 Å².